The van der Waals surface area contributed by atoms with Gasteiger partial charge in [-0.1, -0.05) is 46.3 Å². The summed E-state index contributed by atoms with van der Waals surface area (Å²) in [5.74, 6) is -0.0203. The Hall–Kier alpha value is -3.36. The van der Waals surface area contributed by atoms with Crippen molar-refractivity contribution in [1.29, 1.82) is 0 Å². The molecule has 0 saturated heterocycles. The van der Waals surface area contributed by atoms with Gasteiger partial charge in [0.05, 0.1) is 12.8 Å². The summed E-state index contributed by atoms with van der Waals surface area (Å²) in [7, 11) is 1.58. The van der Waals surface area contributed by atoms with Crippen molar-refractivity contribution in [2.75, 3.05) is 17.3 Å². The maximum absolute atomic E-state index is 13.4. The molecule has 1 unspecified atom stereocenters. The molecule has 3 amide bonds. The second-order valence-electron chi connectivity index (χ2n) is 6.99. The molecule has 1 aliphatic rings. The molecule has 0 aromatic heterocycles. The average Bonchev–Trinajstić information content (AvgIpc) is 2.79. The number of hydrogen-bond acceptors (Lipinski definition) is 4. The van der Waals surface area contributed by atoms with Gasteiger partial charge in [-0.05, 0) is 48.0 Å². The number of benzene rings is 3. The van der Waals surface area contributed by atoms with E-state index in [1.54, 1.807) is 67.8 Å². The SMILES string of the molecule is COc1ccc(CNC(=O)C2(O)c3cc(Br)ccc3NC(=O)N2c2ccccc2)cc1. The van der Waals surface area contributed by atoms with E-state index in [9.17, 15) is 14.7 Å². The zero-order chi connectivity index (χ0) is 22.0. The number of ether oxygens (including phenoxy) is 1. The molecule has 1 heterocycles. The third-order valence-electron chi connectivity index (χ3n) is 5.07. The first-order chi connectivity index (χ1) is 14.9. The minimum Gasteiger partial charge on any atom is -0.497 e. The Morgan fingerprint density at radius 3 is 2.52 bits per heavy atom. The predicted molar refractivity (Wildman–Crippen MR) is 121 cm³/mol. The molecular weight excluding hydrogens is 462 g/mol. The van der Waals surface area contributed by atoms with Crippen LogP contribution in [0.1, 0.15) is 11.1 Å². The lowest BCUT2D eigenvalue weighted by molar-refractivity contribution is -0.140. The number of halogens is 1. The second kappa shape index (κ2) is 8.41. The van der Waals surface area contributed by atoms with Crippen LogP contribution in [0, 0.1) is 0 Å². The van der Waals surface area contributed by atoms with Crippen molar-refractivity contribution in [3.63, 3.8) is 0 Å². The van der Waals surface area contributed by atoms with Crippen molar-refractivity contribution in [2.45, 2.75) is 12.3 Å². The second-order valence-corrected chi connectivity index (χ2v) is 7.91. The van der Waals surface area contributed by atoms with Crippen molar-refractivity contribution in [2.24, 2.45) is 0 Å². The predicted octanol–water partition coefficient (Wildman–Crippen LogP) is 3.97. The highest BCUT2D eigenvalue weighted by molar-refractivity contribution is 9.10. The third-order valence-corrected chi connectivity index (χ3v) is 5.56. The Kier molecular flexibility index (Phi) is 5.67. The summed E-state index contributed by atoms with van der Waals surface area (Å²) in [5.41, 5.74) is -0.429. The van der Waals surface area contributed by atoms with Gasteiger partial charge >= 0.3 is 6.03 Å². The van der Waals surface area contributed by atoms with Gasteiger partial charge in [0.1, 0.15) is 5.75 Å². The van der Waals surface area contributed by atoms with E-state index in [2.05, 4.69) is 26.6 Å². The van der Waals surface area contributed by atoms with Crippen LogP contribution in [0.4, 0.5) is 16.2 Å². The molecule has 31 heavy (non-hydrogen) atoms. The largest absolute Gasteiger partial charge is 0.497 e. The lowest BCUT2D eigenvalue weighted by Gasteiger charge is -2.42. The number of nitrogens with zero attached hydrogens (tertiary/aromatic N) is 1. The Morgan fingerprint density at radius 2 is 1.84 bits per heavy atom. The van der Waals surface area contributed by atoms with Crippen molar-refractivity contribution in [1.82, 2.24) is 5.32 Å². The van der Waals surface area contributed by atoms with Crippen LogP contribution in [0.2, 0.25) is 0 Å². The molecule has 0 spiro atoms. The van der Waals surface area contributed by atoms with Gasteiger partial charge in [0, 0.05) is 22.3 Å². The summed E-state index contributed by atoms with van der Waals surface area (Å²) in [5, 5.41) is 17.3. The first-order valence-electron chi connectivity index (χ1n) is 9.53. The molecule has 0 bridgehead atoms. The average molecular weight is 482 g/mol. The number of carbonyl (C=O) groups is 2. The highest BCUT2D eigenvalue weighted by atomic mass is 79.9. The van der Waals surface area contributed by atoms with Crippen LogP contribution in [0.3, 0.4) is 0 Å². The number of fused-ring (bicyclic) bond motifs is 1. The molecule has 1 atom stereocenters. The van der Waals surface area contributed by atoms with Gasteiger partial charge in [0.2, 0.25) is 0 Å². The van der Waals surface area contributed by atoms with E-state index in [1.807, 2.05) is 12.1 Å². The fourth-order valence-corrected chi connectivity index (χ4v) is 3.87. The smallest absolute Gasteiger partial charge is 0.329 e. The molecule has 158 valence electrons. The van der Waals surface area contributed by atoms with E-state index >= 15 is 0 Å². The summed E-state index contributed by atoms with van der Waals surface area (Å²) in [6.45, 7) is 0.165. The Labute approximate surface area is 187 Å². The lowest BCUT2D eigenvalue weighted by Crippen LogP contribution is -2.62. The molecule has 3 aromatic rings. The normalized spacial score (nSPS) is 17.5. The van der Waals surface area contributed by atoms with E-state index in [1.165, 1.54) is 0 Å². The van der Waals surface area contributed by atoms with E-state index < -0.39 is 17.7 Å². The number of nitrogens with one attached hydrogen (secondary N) is 2. The van der Waals surface area contributed by atoms with Crippen LogP contribution >= 0.6 is 15.9 Å². The minimum absolute atomic E-state index is 0.165. The van der Waals surface area contributed by atoms with Crippen molar-refractivity contribution in [3.05, 3.63) is 88.4 Å². The minimum atomic E-state index is -2.25. The Balaban J connectivity index is 1.73. The molecule has 0 saturated carbocycles. The first-order valence-corrected chi connectivity index (χ1v) is 10.3. The zero-order valence-electron chi connectivity index (χ0n) is 16.6. The number of amides is 3. The fraction of sp³-hybridized carbons (Fsp3) is 0.130. The van der Waals surface area contributed by atoms with Crippen LogP contribution in [0.5, 0.6) is 5.75 Å². The van der Waals surface area contributed by atoms with E-state index in [4.69, 9.17) is 4.74 Å². The summed E-state index contributed by atoms with van der Waals surface area (Å²) in [6, 6.07) is 20.2. The molecule has 4 rings (SSSR count). The summed E-state index contributed by atoms with van der Waals surface area (Å²) in [4.78, 5) is 27.4. The zero-order valence-corrected chi connectivity index (χ0v) is 18.2. The van der Waals surface area contributed by atoms with Gasteiger partial charge in [-0.15, -0.1) is 0 Å². The molecule has 3 N–H and O–H groups in total. The van der Waals surface area contributed by atoms with Gasteiger partial charge < -0.3 is 20.5 Å². The number of hydrogen-bond donors (Lipinski definition) is 3. The molecule has 0 fully saturated rings. The van der Waals surface area contributed by atoms with Crippen LogP contribution < -0.4 is 20.3 Å². The molecule has 7 nitrogen and oxygen atoms in total. The Morgan fingerprint density at radius 1 is 1.13 bits per heavy atom. The van der Waals surface area contributed by atoms with Gasteiger partial charge in [-0.3, -0.25) is 9.69 Å². The van der Waals surface area contributed by atoms with Crippen LogP contribution in [0.25, 0.3) is 0 Å². The van der Waals surface area contributed by atoms with Crippen LogP contribution in [-0.4, -0.2) is 24.2 Å². The number of anilines is 2. The van der Waals surface area contributed by atoms with Crippen molar-refractivity contribution >= 4 is 39.2 Å². The summed E-state index contributed by atoms with van der Waals surface area (Å²) >= 11 is 3.39. The van der Waals surface area contributed by atoms with E-state index in [0.29, 0.717) is 21.6 Å². The number of urea groups is 1. The number of rotatable bonds is 5. The molecule has 3 aromatic carbocycles. The maximum atomic E-state index is 13.4. The molecule has 0 aliphatic carbocycles. The summed E-state index contributed by atoms with van der Waals surface area (Å²) < 4.78 is 5.81. The fourth-order valence-electron chi connectivity index (χ4n) is 3.51. The molecular formula is C23H20BrN3O4. The number of carbonyl (C=O) groups excluding carboxylic acids is 2. The lowest BCUT2D eigenvalue weighted by atomic mass is 9.94. The van der Waals surface area contributed by atoms with Crippen molar-refractivity contribution in [3.8, 4) is 5.75 Å². The highest BCUT2D eigenvalue weighted by Crippen LogP contribution is 2.40. The standard InChI is InChI=1S/C23H20BrN3O4/c1-31-18-10-7-15(8-11-18)14-25-21(28)23(30)19-13-16(24)9-12-20(19)26-22(29)27(23)17-5-3-2-4-6-17/h2-13,30H,14H2,1H3,(H,25,28)(H,26,29). The molecule has 8 heteroatoms. The van der Waals surface area contributed by atoms with Gasteiger partial charge in [-0.25, -0.2) is 4.79 Å². The molecule has 1 aliphatic heterocycles. The van der Waals surface area contributed by atoms with Crippen LogP contribution in [-0.2, 0) is 17.1 Å². The Bertz CT molecular complexity index is 1120. The topological polar surface area (TPSA) is 90.9 Å². The van der Waals surface area contributed by atoms with E-state index in [-0.39, 0.29) is 12.1 Å². The van der Waals surface area contributed by atoms with Crippen LogP contribution in [0.15, 0.2) is 77.3 Å². The maximum Gasteiger partial charge on any atom is 0.329 e. The number of aliphatic hydroxyl groups is 1. The summed E-state index contributed by atoms with van der Waals surface area (Å²) in [6.07, 6.45) is 0. The highest BCUT2D eigenvalue weighted by Gasteiger charge is 2.52. The number of methoxy groups -OCH3 is 1. The van der Waals surface area contributed by atoms with Crippen molar-refractivity contribution < 1.29 is 19.4 Å². The third kappa shape index (κ3) is 3.87. The quantitative estimate of drug-likeness (QED) is 0.514. The van der Waals surface area contributed by atoms with E-state index in [0.717, 1.165) is 10.5 Å². The van der Waals surface area contributed by atoms with Gasteiger partial charge in [-0.2, -0.15) is 0 Å². The number of para-hydroxylation sites is 1. The van der Waals surface area contributed by atoms with Gasteiger partial charge in [0.25, 0.3) is 11.6 Å². The monoisotopic (exact) mass is 481 g/mol. The first kappa shape index (κ1) is 20.9. The van der Waals surface area contributed by atoms with Gasteiger partial charge in [0.15, 0.2) is 0 Å². The molecule has 0 radical (unpaired) electrons.